The van der Waals surface area contributed by atoms with Gasteiger partial charge in [0.2, 0.25) is 23.8 Å². The molecule has 300 valence electrons. The quantitative estimate of drug-likeness (QED) is 0.0993. The van der Waals surface area contributed by atoms with E-state index >= 15 is 0 Å². The maximum atomic E-state index is 14.1. The molecule has 1 saturated heterocycles. The largest absolute Gasteiger partial charge is 0.395 e. The van der Waals surface area contributed by atoms with Crippen LogP contribution in [0.4, 0.5) is 29.2 Å². The second kappa shape index (κ2) is 20.3. The number of carbonyl (C=O) groups excluding carboxylic acids is 1. The van der Waals surface area contributed by atoms with Crippen molar-refractivity contribution in [1.82, 2.24) is 19.9 Å². The molecular formula is C38H53Cl2N9O5S. The Morgan fingerprint density at radius 2 is 1.44 bits per heavy atom. The second-order valence-electron chi connectivity index (χ2n) is 14.1. The molecule has 1 amide bonds. The molecule has 2 fully saturated rings. The molecule has 3 aromatic rings. The number of amides is 1. The van der Waals surface area contributed by atoms with Crippen LogP contribution in [0.15, 0.2) is 36.4 Å². The van der Waals surface area contributed by atoms with Crippen LogP contribution in [0.25, 0.3) is 0 Å². The zero-order valence-corrected chi connectivity index (χ0v) is 33.5. The van der Waals surface area contributed by atoms with E-state index in [0.717, 1.165) is 66.4 Å². The van der Waals surface area contributed by atoms with Crippen LogP contribution in [-0.2, 0) is 17.8 Å². The van der Waals surface area contributed by atoms with Gasteiger partial charge in [-0.05, 0) is 67.5 Å². The van der Waals surface area contributed by atoms with Crippen molar-refractivity contribution >= 4 is 70.1 Å². The number of aliphatic hydroxyl groups is 4. The van der Waals surface area contributed by atoms with Gasteiger partial charge >= 0.3 is 0 Å². The summed E-state index contributed by atoms with van der Waals surface area (Å²) in [6, 6.07) is 12.6. The highest BCUT2D eigenvalue weighted by molar-refractivity contribution is 7.99. The lowest BCUT2D eigenvalue weighted by Gasteiger charge is -2.39. The molecule has 1 atom stereocenters. The van der Waals surface area contributed by atoms with Gasteiger partial charge in [0, 0.05) is 80.1 Å². The second-order valence-corrected chi connectivity index (χ2v) is 15.9. The first-order valence-corrected chi connectivity index (χ1v) is 21.1. The standard InChI is InChI=1S/C38H53Cl2N9O5S/c39-30-23-28(24-47-26-55-25-34(47)35(54)49-13-12-48(29-9-10-29)32-7-3-4-8-33(32)49)31(40)22-27(30)6-2-1-5-11-41-36-42-37(45(14-18-50)15-19-51)44-38(43-36)46(16-20-52)17-21-53/h3-4,7-8,22-23,29,34,50-53H,1-2,5-6,9-21,24-26H2,(H,41,42,43,44)/t34-/m0/s1. The van der Waals surface area contributed by atoms with Crippen molar-refractivity contribution in [2.75, 3.05) is 109 Å². The van der Waals surface area contributed by atoms with Crippen molar-refractivity contribution in [3.63, 3.8) is 0 Å². The lowest BCUT2D eigenvalue weighted by Crippen LogP contribution is -2.52. The number of aliphatic hydroxyl groups excluding tert-OH is 4. The topological polar surface area (TPSA) is 165 Å². The number of thioether (sulfide) groups is 1. The average Bonchev–Trinajstić information content (AvgIpc) is 3.94. The summed E-state index contributed by atoms with van der Waals surface area (Å²) in [6.07, 6.45) is 5.83. The van der Waals surface area contributed by atoms with Crippen molar-refractivity contribution in [3.05, 3.63) is 57.6 Å². The van der Waals surface area contributed by atoms with E-state index in [0.29, 0.717) is 41.7 Å². The zero-order valence-electron chi connectivity index (χ0n) is 31.2. The van der Waals surface area contributed by atoms with Crippen LogP contribution in [-0.4, -0.2) is 142 Å². The predicted octanol–water partition coefficient (Wildman–Crippen LogP) is 3.48. The Kier molecular flexibility index (Phi) is 15.3. The van der Waals surface area contributed by atoms with Crippen molar-refractivity contribution in [2.45, 2.75) is 57.2 Å². The number of nitrogens with zero attached hydrogens (tertiary/aromatic N) is 8. The number of nitrogens with one attached hydrogen (secondary N) is 1. The van der Waals surface area contributed by atoms with Gasteiger partial charge in [0.05, 0.1) is 43.8 Å². The number of anilines is 5. The Hall–Kier alpha value is -3.15. The van der Waals surface area contributed by atoms with Crippen molar-refractivity contribution in [1.29, 1.82) is 0 Å². The maximum absolute atomic E-state index is 14.1. The maximum Gasteiger partial charge on any atom is 0.245 e. The Morgan fingerprint density at radius 1 is 0.818 bits per heavy atom. The lowest BCUT2D eigenvalue weighted by molar-refractivity contribution is -0.122. The normalized spacial score (nSPS) is 17.1. The molecule has 14 nitrogen and oxygen atoms in total. The number of carbonyl (C=O) groups is 1. The van der Waals surface area contributed by atoms with Gasteiger partial charge in [0.1, 0.15) is 0 Å². The molecule has 3 heterocycles. The third-order valence-corrected chi connectivity index (χ3v) is 12.0. The number of unbranched alkanes of at least 4 members (excludes halogenated alkanes) is 2. The summed E-state index contributed by atoms with van der Waals surface area (Å²) in [5.41, 5.74) is 4.08. The summed E-state index contributed by atoms with van der Waals surface area (Å²) in [5, 5.41) is 42.8. The molecule has 1 aromatic heterocycles. The summed E-state index contributed by atoms with van der Waals surface area (Å²) >= 11 is 15.5. The van der Waals surface area contributed by atoms with Crippen molar-refractivity contribution < 1.29 is 25.2 Å². The highest BCUT2D eigenvalue weighted by Crippen LogP contribution is 2.41. The van der Waals surface area contributed by atoms with Crippen molar-refractivity contribution in [3.8, 4) is 0 Å². The van der Waals surface area contributed by atoms with Gasteiger partial charge in [-0.15, -0.1) is 11.8 Å². The molecule has 0 bridgehead atoms. The molecule has 0 unspecified atom stereocenters. The van der Waals surface area contributed by atoms with Gasteiger partial charge < -0.3 is 45.3 Å². The first-order chi connectivity index (χ1) is 26.8. The van der Waals surface area contributed by atoms with E-state index in [1.54, 1.807) is 21.6 Å². The number of rotatable bonds is 21. The smallest absolute Gasteiger partial charge is 0.245 e. The van der Waals surface area contributed by atoms with E-state index < -0.39 is 0 Å². The van der Waals surface area contributed by atoms with E-state index in [4.69, 9.17) is 23.2 Å². The van der Waals surface area contributed by atoms with Crippen LogP contribution in [0.3, 0.4) is 0 Å². The highest BCUT2D eigenvalue weighted by Gasteiger charge is 2.40. The first kappa shape index (κ1) is 41.5. The molecule has 3 aliphatic rings. The third-order valence-electron chi connectivity index (χ3n) is 10.2. The lowest BCUT2D eigenvalue weighted by atomic mass is 10.0. The summed E-state index contributed by atoms with van der Waals surface area (Å²) in [5.74, 6) is 2.54. The summed E-state index contributed by atoms with van der Waals surface area (Å²) in [6.45, 7) is 3.01. The van der Waals surface area contributed by atoms with Gasteiger partial charge in [-0.2, -0.15) is 15.0 Å². The molecule has 0 spiro atoms. The Labute approximate surface area is 337 Å². The molecular weight excluding hydrogens is 765 g/mol. The number of aryl methyl sites for hydroxylation is 1. The summed E-state index contributed by atoms with van der Waals surface area (Å²) in [4.78, 5) is 37.6. The van der Waals surface area contributed by atoms with Gasteiger partial charge in [0.25, 0.3) is 0 Å². The van der Waals surface area contributed by atoms with E-state index in [1.807, 2.05) is 23.1 Å². The highest BCUT2D eigenvalue weighted by atomic mass is 35.5. The van der Waals surface area contributed by atoms with Crippen LogP contribution in [0.5, 0.6) is 0 Å². The number of para-hydroxylation sites is 2. The molecule has 6 rings (SSSR count). The SMILES string of the molecule is O=C([C@@H]1CSCN1Cc1cc(Cl)c(CCCCCNc2nc(N(CCO)CCO)nc(N(CCO)CCO)n2)cc1Cl)N1CCN(C2CC2)c2ccccc21. The minimum Gasteiger partial charge on any atom is -0.395 e. The molecule has 2 aromatic carbocycles. The minimum absolute atomic E-state index is 0.147. The van der Waals surface area contributed by atoms with Crippen molar-refractivity contribution in [2.24, 2.45) is 0 Å². The van der Waals surface area contributed by atoms with Crippen LogP contribution in [0, 0.1) is 0 Å². The number of hydrogen-bond acceptors (Lipinski definition) is 14. The summed E-state index contributed by atoms with van der Waals surface area (Å²) < 4.78 is 0. The van der Waals surface area contributed by atoms with E-state index in [-0.39, 0.29) is 76.5 Å². The van der Waals surface area contributed by atoms with Gasteiger partial charge in [-0.3, -0.25) is 9.69 Å². The molecule has 1 aliphatic carbocycles. The van der Waals surface area contributed by atoms with Gasteiger partial charge in [0.15, 0.2) is 0 Å². The van der Waals surface area contributed by atoms with Crippen LogP contribution in [0.1, 0.15) is 43.2 Å². The van der Waals surface area contributed by atoms with Gasteiger partial charge in [-0.25, -0.2) is 0 Å². The van der Waals surface area contributed by atoms with Crippen LogP contribution < -0.4 is 24.9 Å². The summed E-state index contributed by atoms with van der Waals surface area (Å²) in [7, 11) is 0. The molecule has 17 heteroatoms. The number of hydrogen-bond donors (Lipinski definition) is 5. The monoisotopic (exact) mass is 817 g/mol. The average molecular weight is 819 g/mol. The van der Waals surface area contributed by atoms with Crippen LogP contribution in [0.2, 0.25) is 10.0 Å². The number of aromatic nitrogens is 3. The van der Waals surface area contributed by atoms with E-state index in [9.17, 15) is 25.2 Å². The molecule has 0 radical (unpaired) electrons. The van der Waals surface area contributed by atoms with E-state index in [1.165, 1.54) is 12.8 Å². The number of benzene rings is 2. The van der Waals surface area contributed by atoms with E-state index in [2.05, 4.69) is 48.3 Å². The Bertz CT molecular complexity index is 1680. The molecule has 2 aliphatic heterocycles. The fraction of sp³-hybridized carbons (Fsp3) is 0.579. The minimum atomic E-state index is -0.232. The third kappa shape index (κ3) is 10.6. The Morgan fingerprint density at radius 3 is 2.07 bits per heavy atom. The van der Waals surface area contributed by atoms with Gasteiger partial charge in [-0.1, -0.05) is 41.8 Å². The first-order valence-electron chi connectivity index (χ1n) is 19.2. The van der Waals surface area contributed by atoms with Crippen LogP contribution >= 0.6 is 35.0 Å². The predicted molar refractivity (Wildman–Crippen MR) is 221 cm³/mol. The molecule has 5 N–H and O–H groups in total. The number of halogens is 2. The molecule has 1 saturated carbocycles. The molecule has 55 heavy (non-hydrogen) atoms. The number of fused-ring (bicyclic) bond motifs is 1. The fourth-order valence-corrected chi connectivity index (χ4v) is 8.93. The fourth-order valence-electron chi connectivity index (χ4n) is 7.22. The Balaban J connectivity index is 1.02. The zero-order chi connectivity index (χ0) is 38.7.